The van der Waals surface area contributed by atoms with Crippen LogP contribution in [0.5, 0.6) is 0 Å². The van der Waals surface area contributed by atoms with Crippen LogP contribution in [0.1, 0.15) is 0 Å². The Balaban J connectivity index is 1.52. The van der Waals surface area contributed by atoms with Gasteiger partial charge in [-0.05, 0) is 23.1 Å². The van der Waals surface area contributed by atoms with Gasteiger partial charge in [0.05, 0.1) is 0 Å². The van der Waals surface area contributed by atoms with Crippen molar-refractivity contribution < 1.29 is 0 Å². The number of nitrogens with zero attached hydrogens (tertiary/aromatic N) is 3. The molecule has 0 amide bonds. The van der Waals surface area contributed by atoms with Gasteiger partial charge < -0.3 is 0 Å². The molecule has 0 saturated carbocycles. The lowest BCUT2D eigenvalue weighted by atomic mass is 9.97. The third-order valence-corrected chi connectivity index (χ3v) is 7.38. The molecule has 0 N–H and O–H groups in total. The molecule has 0 unspecified atom stereocenters. The number of hydrogen-bond donors (Lipinski definition) is 0. The first-order valence-electron chi connectivity index (χ1n) is 10.6. The molecule has 4 aromatic carbocycles. The molecule has 4 heteroatoms. The standard InChI is InChI=1S/C28H17N3S/c1-2-9-19-18(8-1)16-17-31-27(19)29-30-28(31)24-12-4-3-10-20(24)22-13-7-14-23-21-11-5-6-15-25(21)32-26(22)23/h1-17H. The first-order valence-corrected chi connectivity index (χ1v) is 11.4. The zero-order chi connectivity index (χ0) is 21.1. The number of thiophene rings is 1. The lowest BCUT2D eigenvalue weighted by molar-refractivity contribution is 1.11. The molecule has 0 aliphatic rings. The fraction of sp³-hybridized carbons (Fsp3) is 0. The zero-order valence-electron chi connectivity index (χ0n) is 17.1. The Morgan fingerprint density at radius 3 is 2.22 bits per heavy atom. The molecule has 3 heterocycles. The maximum Gasteiger partial charge on any atom is 0.168 e. The molecule has 3 aromatic heterocycles. The van der Waals surface area contributed by atoms with E-state index < -0.39 is 0 Å². The van der Waals surface area contributed by atoms with Crippen LogP contribution in [0.3, 0.4) is 0 Å². The van der Waals surface area contributed by atoms with Gasteiger partial charge in [0.15, 0.2) is 11.5 Å². The van der Waals surface area contributed by atoms with E-state index in [-0.39, 0.29) is 0 Å². The predicted molar refractivity (Wildman–Crippen MR) is 134 cm³/mol. The average Bonchev–Trinajstić information content (AvgIpc) is 3.46. The normalized spacial score (nSPS) is 11.8. The van der Waals surface area contributed by atoms with Crippen molar-refractivity contribution in [1.82, 2.24) is 14.6 Å². The molecular formula is C28H17N3S. The first-order chi connectivity index (χ1) is 15.9. The van der Waals surface area contributed by atoms with E-state index in [9.17, 15) is 0 Å². The summed E-state index contributed by atoms with van der Waals surface area (Å²) in [5, 5.41) is 14.1. The highest BCUT2D eigenvalue weighted by Gasteiger charge is 2.17. The van der Waals surface area contributed by atoms with E-state index in [1.807, 2.05) is 17.4 Å². The summed E-state index contributed by atoms with van der Waals surface area (Å²) in [7, 11) is 0. The second-order valence-corrected chi connectivity index (χ2v) is 9.00. The van der Waals surface area contributed by atoms with Gasteiger partial charge in [0.2, 0.25) is 0 Å². The maximum atomic E-state index is 4.64. The smallest absolute Gasteiger partial charge is 0.168 e. The minimum absolute atomic E-state index is 0.861. The van der Waals surface area contributed by atoms with E-state index in [1.165, 1.54) is 36.7 Å². The Kier molecular flexibility index (Phi) is 3.72. The molecule has 0 bridgehead atoms. The highest BCUT2D eigenvalue weighted by Crippen LogP contribution is 2.42. The lowest BCUT2D eigenvalue weighted by Gasteiger charge is -2.10. The summed E-state index contributed by atoms with van der Waals surface area (Å²) in [6, 6.07) is 34.2. The van der Waals surface area contributed by atoms with Gasteiger partial charge in [0, 0.05) is 42.9 Å². The van der Waals surface area contributed by atoms with Crippen molar-refractivity contribution in [3.63, 3.8) is 0 Å². The minimum Gasteiger partial charge on any atom is -0.282 e. The Morgan fingerprint density at radius 1 is 0.562 bits per heavy atom. The summed E-state index contributed by atoms with van der Waals surface area (Å²) >= 11 is 1.85. The number of hydrogen-bond acceptors (Lipinski definition) is 3. The Hall–Kier alpha value is -4.02. The van der Waals surface area contributed by atoms with Gasteiger partial charge in [0.25, 0.3) is 0 Å². The van der Waals surface area contributed by atoms with Crippen LogP contribution in [-0.2, 0) is 0 Å². The van der Waals surface area contributed by atoms with Gasteiger partial charge in [0.1, 0.15) is 0 Å². The van der Waals surface area contributed by atoms with Crippen molar-refractivity contribution in [1.29, 1.82) is 0 Å². The molecule has 0 spiro atoms. The third kappa shape index (κ3) is 2.47. The lowest BCUT2D eigenvalue weighted by Crippen LogP contribution is -1.92. The van der Waals surface area contributed by atoms with Crippen LogP contribution in [0, 0.1) is 0 Å². The second kappa shape index (κ2) is 6.74. The maximum absolute atomic E-state index is 4.64. The van der Waals surface area contributed by atoms with Crippen molar-refractivity contribution in [3.05, 3.63) is 103 Å². The molecule has 7 rings (SSSR count). The van der Waals surface area contributed by atoms with Crippen molar-refractivity contribution in [2.24, 2.45) is 0 Å². The van der Waals surface area contributed by atoms with Gasteiger partial charge in [-0.3, -0.25) is 4.40 Å². The van der Waals surface area contributed by atoms with Crippen molar-refractivity contribution in [2.45, 2.75) is 0 Å². The van der Waals surface area contributed by atoms with E-state index in [4.69, 9.17) is 0 Å². The zero-order valence-corrected chi connectivity index (χ0v) is 17.9. The number of fused-ring (bicyclic) bond motifs is 6. The SMILES string of the molecule is c1ccc(-c2nnc3c4ccccc4ccn23)c(-c2cccc3c2sc2ccccc23)c1. The molecule has 3 nitrogen and oxygen atoms in total. The van der Waals surface area contributed by atoms with Gasteiger partial charge >= 0.3 is 0 Å². The monoisotopic (exact) mass is 427 g/mol. The quantitative estimate of drug-likeness (QED) is 0.285. The molecule has 7 aromatic rings. The van der Waals surface area contributed by atoms with Crippen LogP contribution in [0.4, 0.5) is 0 Å². The molecule has 150 valence electrons. The first kappa shape index (κ1) is 17.6. The van der Waals surface area contributed by atoms with Crippen molar-refractivity contribution in [2.75, 3.05) is 0 Å². The van der Waals surface area contributed by atoms with Crippen LogP contribution in [0.25, 0.3) is 59.1 Å². The number of benzene rings is 4. The van der Waals surface area contributed by atoms with Crippen LogP contribution in [0.2, 0.25) is 0 Å². The summed E-state index contributed by atoms with van der Waals surface area (Å²) in [6.07, 6.45) is 2.07. The molecule has 0 aliphatic carbocycles. The molecule has 0 fully saturated rings. The largest absolute Gasteiger partial charge is 0.282 e. The van der Waals surface area contributed by atoms with Gasteiger partial charge in [-0.25, -0.2) is 0 Å². The number of pyridine rings is 1. The van der Waals surface area contributed by atoms with E-state index in [1.54, 1.807) is 0 Å². The molecule has 0 saturated heterocycles. The van der Waals surface area contributed by atoms with Gasteiger partial charge in [-0.2, -0.15) is 0 Å². The van der Waals surface area contributed by atoms with Gasteiger partial charge in [-0.1, -0.05) is 84.9 Å². The summed E-state index contributed by atoms with van der Waals surface area (Å²) in [6.45, 7) is 0. The summed E-state index contributed by atoms with van der Waals surface area (Å²) in [4.78, 5) is 0. The van der Waals surface area contributed by atoms with Crippen LogP contribution < -0.4 is 0 Å². The Bertz CT molecular complexity index is 1790. The topological polar surface area (TPSA) is 30.2 Å². The molecule has 0 radical (unpaired) electrons. The second-order valence-electron chi connectivity index (χ2n) is 7.95. The predicted octanol–water partition coefficient (Wildman–Crippen LogP) is 7.58. The van der Waals surface area contributed by atoms with Crippen molar-refractivity contribution >= 4 is 47.9 Å². The van der Waals surface area contributed by atoms with Crippen LogP contribution in [-0.4, -0.2) is 14.6 Å². The van der Waals surface area contributed by atoms with Crippen LogP contribution in [0.15, 0.2) is 103 Å². The van der Waals surface area contributed by atoms with E-state index >= 15 is 0 Å². The number of aromatic nitrogens is 3. The fourth-order valence-corrected chi connectivity index (χ4v) is 5.90. The molecule has 0 aliphatic heterocycles. The van der Waals surface area contributed by atoms with E-state index in [2.05, 4.69) is 112 Å². The van der Waals surface area contributed by atoms with E-state index in [0.29, 0.717) is 0 Å². The molecule has 32 heavy (non-hydrogen) atoms. The minimum atomic E-state index is 0.861. The molecule has 0 atom stereocenters. The fourth-order valence-electron chi connectivity index (χ4n) is 4.67. The van der Waals surface area contributed by atoms with E-state index in [0.717, 1.165) is 22.4 Å². The Labute approximate surface area is 188 Å². The van der Waals surface area contributed by atoms with Crippen molar-refractivity contribution in [3.8, 4) is 22.5 Å². The average molecular weight is 428 g/mol. The summed E-state index contributed by atoms with van der Waals surface area (Å²) in [5.41, 5.74) is 4.37. The summed E-state index contributed by atoms with van der Waals surface area (Å²) in [5.74, 6) is 0.861. The molecular weight excluding hydrogens is 410 g/mol. The highest BCUT2D eigenvalue weighted by molar-refractivity contribution is 7.26. The number of rotatable bonds is 2. The third-order valence-electron chi connectivity index (χ3n) is 6.16. The summed E-state index contributed by atoms with van der Waals surface area (Å²) < 4.78 is 4.72. The van der Waals surface area contributed by atoms with Gasteiger partial charge in [-0.15, -0.1) is 21.5 Å². The Morgan fingerprint density at radius 2 is 1.28 bits per heavy atom. The van der Waals surface area contributed by atoms with Crippen LogP contribution >= 0.6 is 11.3 Å². The highest BCUT2D eigenvalue weighted by atomic mass is 32.1.